The van der Waals surface area contributed by atoms with Gasteiger partial charge in [0.2, 0.25) is 15.9 Å². The fraction of sp³-hybridized carbons (Fsp3) is 0.500. The highest BCUT2D eigenvalue weighted by atomic mass is 35.5. The highest BCUT2D eigenvalue weighted by Gasteiger charge is 2.30. The molecule has 1 N–H and O–H groups in total. The van der Waals surface area contributed by atoms with Crippen LogP contribution in [0, 0.1) is 6.92 Å². The molecule has 138 valence electrons. The number of hydrogen-bond donors (Lipinski definition) is 1. The third kappa shape index (κ3) is 5.22. The molecular formula is C18H25ClN2O3S. The van der Waals surface area contributed by atoms with Crippen molar-refractivity contribution in [3.8, 4) is 0 Å². The van der Waals surface area contributed by atoms with Gasteiger partial charge >= 0.3 is 0 Å². The fourth-order valence-electron chi connectivity index (χ4n) is 3.01. The summed E-state index contributed by atoms with van der Waals surface area (Å²) in [5.74, 6) is -0.323. The van der Waals surface area contributed by atoms with E-state index in [9.17, 15) is 13.2 Å². The van der Waals surface area contributed by atoms with Crippen LogP contribution in [-0.4, -0.2) is 33.2 Å². The molecule has 0 saturated carbocycles. The number of amides is 1. The van der Waals surface area contributed by atoms with Gasteiger partial charge in [0, 0.05) is 11.6 Å². The molecule has 0 bridgehead atoms. The second kappa shape index (κ2) is 8.23. The summed E-state index contributed by atoms with van der Waals surface area (Å²) in [6.45, 7) is 3.85. The average molecular weight is 385 g/mol. The lowest BCUT2D eigenvalue weighted by Crippen LogP contribution is -2.48. The number of carbonyl (C=O) groups excluding carboxylic acids is 1. The Bertz CT molecular complexity index is 775. The molecule has 0 unspecified atom stereocenters. The Morgan fingerprint density at radius 3 is 2.68 bits per heavy atom. The second-order valence-electron chi connectivity index (χ2n) is 6.49. The molecule has 0 radical (unpaired) electrons. The van der Waals surface area contributed by atoms with Crippen molar-refractivity contribution in [3.63, 3.8) is 0 Å². The summed E-state index contributed by atoms with van der Waals surface area (Å²) in [6.07, 6.45) is 7.60. The number of anilines is 1. The summed E-state index contributed by atoms with van der Waals surface area (Å²) in [4.78, 5) is 12.6. The van der Waals surface area contributed by atoms with Crippen molar-refractivity contribution in [1.82, 2.24) is 5.32 Å². The summed E-state index contributed by atoms with van der Waals surface area (Å²) in [5, 5.41) is 3.29. The summed E-state index contributed by atoms with van der Waals surface area (Å²) in [7, 11) is -3.65. The van der Waals surface area contributed by atoms with Gasteiger partial charge in [-0.15, -0.1) is 0 Å². The quantitative estimate of drug-likeness (QED) is 0.764. The van der Waals surface area contributed by atoms with Crippen LogP contribution in [-0.2, 0) is 14.8 Å². The maximum atomic E-state index is 12.6. The highest BCUT2D eigenvalue weighted by Crippen LogP contribution is 2.28. The minimum absolute atomic E-state index is 0.323. The van der Waals surface area contributed by atoms with Gasteiger partial charge in [0.1, 0.15) is 6.04 Å². The Balaban J connectivity index is 2.21. The topological polar surface area (TPSA) is 66.5 Å². The van der Waals surface area contributed by atoms with E-state index in [2.05, 4.69) is 11.4 Å². The molecule has 0 aromatic heterocycles. The molecule has 1 aromatic carbocycles. The van der Waals surface area contributed by atoms with E-state index in [-0.39, 0.29) is 5.91 Å². The van der Waals surface area contributed by atoms with Gasteiger partial charge in [0.25, 0.3) is 0 Å². The van der Waals surface area contributed by atoms with E-state index in [4.69, 9.17) is 11.6 Å². The zero-order valence-electron chi connectivity index (χ0n) is 14.9. The van der Waals surface area contributed by atoms with E-state index >= 15 is 0 Å². The predicted octanol–water partition coefficient (Wildman–Crippen LogP) is 3.42. The van der Waals surface area contributed by atoms with E-state index < -0.39 is 16.1 Å². The Labute approximate surface area is 155 Å². The first-order chi connectivity index (χ1) is 11.7. The van der Waals surface area contributed by atoms with Crippen molar-refractivity contribution < 1.29 is 13.2 Å². The third-order valence-electron chi connectivity index (χ3n) is 4.37. The number of hydrogen-bond acceptors (Lipinski definition) is 3. The lowest BCUT2D eigenvalue weighted by atomic mass is 10.00. The molecule has 1 aromatic rings. The van der Waals surface area contributed by atoms with Crippen LogP contribution in [0.4, 0.5) is 5.69 Å². The second-order valence-corrected chi connectivity index (χ2v) is 8.79. The molecule has 1 aliphatic carbocycles. The van der Waals surface area contributed by atoms with Crippen molar-refractivity contribution in [1.29, 1.82) is 0 Å². The zero-order chi connectivity index (χ0) is 18.6. The Morgan fingerprint density at radius 1 is 1.36 bits per heavy atom. The predicted molar refractivity (Wildman–Crippen MR) is 103 cm³/mol. The van der Waals surface area contributed by atoms with Crippen molar-refractivity contribution in [2.75, 3.05) is 17.1 Å². The van der Waals surface area contributed by atoms with Crippen LogP contribution in [0.1, 0.15) is 38.2 Å². The van der Waals surface area contributed by atoms with Gasteiger partial charge in [-0.2, -0.15) is 0 Å². The average Bonchev–Trinajstić information content (AvgIpc) is 2.55. The van der Waals surface area contributed by atoms with Gasteiger partial charge in [-0.3, -0.25) is 9.10 Å². The van der Waals surface area contributed by atoms with Gasteiger partial charge in [0.05, 0.1) is 11.9 Å². The van der Waals surface area contributed by atoms with Gasteiger partial charge < -0.3 is 5.32 Å². The summed E-state index contributed by atoms with van der Waals surface area (Å²) in [6, 6.07) is 4.15. The number of nitrogens with one attached hydrogen (secondary N) is 1. The van der Waals surface area contributed by atoms with Crippen LogP contribution in [0.15, 0.2) is 29.8 Å². The van der Waals surface area contributed by atoms with E-state index in [1.807, 2.05) is 0 Å². The molecule has 0 spiro atoms. The van der Waals surface area contributed by atoms with Crippen LogP contribution < -0.4 is 9.62 Å². The number of sulfonamides is 1. The van der Waals surface area contributed by atoms with Crippen molar-refractivity contribution in [2.24, 2.45) is 0 Å². The van der Waals surface area contributed by atoms with Gasteiger partial charge in [0.15, 0.2) is 0 Å². The lowest BCUT2D eigenvalue weighted by Gasteiger charge is -2.29. The van der Waals surface area contributed by atoms with E-state index in [0.717, 1.165) is 35.4 Å². The third-order valence-corrected chi connectivity index (χ3v) is 5.83. The molecule has 0 fully saturated rings. The van der Waals surface area contributed by atoms with E-state index in [1.54, 1.807) is 32.0 Å². The zero-order valence-corrected chi connectivity index (χ0v) is 16.5. The normalized spacial score (nSPS) is 16.1. The fourth-order valence-corrected chi connectivity index (χ4v) is 4.41. The first-order valence-electron chi connectivity index (χ1n) is 8.41. The van der Waals surface area contributed by atoms with Crippen LogP contribution >= 0.6 is 11.6 Å². The van der Waals surface area contributed by atoms with Gasteiger partial charge in [-0.05, 0) is 57.2 Å². The van der Waals surface area contributed by atoms with Gasteiger partial charge in [-0.25, -0.2) is 8.42 Å². The van der Waals surface area contributed by atoms with Crippen molar-refractivity contribution in [2.45, 2.75) is 45.6 Å². The van der Waals surface area contributed by atoms with Gasteiger partial charge in [-0.1, -0.05) is 29.3 Å². The minimum Gasteiger partial charge on any atom is -0.351 e. The van der Waals surface area contributed by atoms with Crippen LogP contribution in [0.2, 0.25) is 5.02 Å². The molecule has 1 aliphatic rings. The molecule has 2 rings (SSSR count). The van der Waals surface area contributed by atoms with Crippen LogP contribution in [0.3, 0.4) is 0 Å². The number of benzene rings is 1. The first kappa shape index (κ1) is 19.8. The number of aryl methyl sites for hydroxylation is 1. The number of allylic oxidation sites excluding steroid dienone is 1. The maximum Gasteiger partial charge on any atom is 0.243 e. The molecule has 7 heteroatoms. The monoisotopic (exact) mass is 384 g/mol. The van der Waals surface area contributed by atoms with E-state index in [0.29, 0.717) is 17.3 Å². The number of nitrogens with zero attached hydrogens (tertiary/aromatic N) is 1. The smallest absolute Gasteiger partial charge is 0.243 e. The molecule has 1 amide bonds. The molecule has 1 atom stereocenters. The summed E-state index contributed by atoms with van der Waals surface area (Å²) >= 11 is 6.03. The minimum atomic E-state index is -3.65. The van der Waals surface area contributed by atoms with Crippen molar-refractivity contribution >= 4 is 33.2 Å². The lowest BCUT2D eigenvalue weighted by molar-refractivity contribution is -0.121. The highest BCUT2D eigenvalue weighted by molar-refractivity contribution is 7.92. The Hall–Kier alpha value is -1.53. The summed E-state index contributed by atoms with van der Waals surface area (Å²) in [5.41, 5.74) is 2.37. The first-order valence-corrected chi connectivity index (χ1v) is 10.6. The molecular weight excluding hydrogens is 360 g/mol. The molecule has 0 heterocycles. The maximum absolute atomic E-state index is 12.6. The number of carbonyl (C=O) groups is 1. The molecule has 0 saturated heterocycles. The van der Waals surface area contributed by atoms with E-state index in [1.165, 1.54) is 12.0 Å². The summed E-state index contributed by atoms with van der Waals surface area (Å²) < 4.78 is 25.8. The largest absolute Gasteiger partial charge is 0.351 e. The Morgan fingerprint density at radius 2 is 2.08 bits per heavy atom. The van der Waals surface area contributed by atoms with Crippen LogP contribution in [0.5, 0.6) is 0 Å². The molecule has 0 aliphatic heterocycles. The number of rotatable bonds is 6. The molecule has 25 heavy (non-hydrogen) atoms. The van der Waals surface area contributed by atoms with Crippen molar-refractivity contribution in [3.05, 3.63) is 40.4 Å². The SMILES string of the molecule is Cc1ccc(Cl)cc1N([C@H](C)C(=O)NCC1=CCCCC1)S(C)(=O)=O. The standard InChI is InChI=1S/C18H25ClN2O3S/c1-13-9-10-16(19)11-17(13)21(25(3,23)24)14(2)18(22)20-12-15-7-5-4-6-8-15/h7,9-11,14H,4-6,8,12H2,1-3H3,(H,20,22)/t14-/m1/s1. The molecule has 5 nitrogen and oxygen atoms in total. The Kier molecular flexibility index (Phi) is 6.52. The number of halogens is 1. The van der Waals surface area contributed by atoms with Crippen LogP contribution in [0.25, 0.3) is 0 Å².